The average molecular weight is 439 g/mol. The summed E-state index contributed by atoms with van der Waals surface area (Å²) in [6.45, 7) is 10.8. The van der Waals surface area contributed by atoms with Crippen LogP contribution in [0.1, 0.15) is 62.0 Å². The van der Waals surface area contributed by atoms with Crippen molar-refractivity contribution in [2.45, 2.75) is 71.7 Å². The Bertz CT molecular complexity index is 996. The Hall–Kier alpha value is -2.53. The molecule has 172 valence electrons. The number of hydrogen-bond acceptors (Lipinski definition) is 4. The minimum absolute atomic E-state index is 0.0236. The molecule has 2 aromatic carbocycles. The van der Waals surface area contributed by atoms with Gasteiger partial charge in [0, 0.05) is 11.5 Å². The van der Waals surface area contributed by atoms with Crippen LogP contribution in [-0.2, 0) is 16.0 Å². The maximum Gasteiger partial charge on any atom is 0.309 e. The number of para-hydroxylation sites is 1. The van der Waals surface area contributed by atoms with Crippen molar-refractivity contribution in [1.82, 2.24) is 0 Å². The Balaban J connectivity index is 1.64. The molecule has 0 amide bonds. The van der Waals surface area contributed by atoms with Crippen LogP contribution in [0.15, 0.2) is 36.4 Å². The van der Waals surface area contributed by atoms with Gasteiger partial charge in [0.15, 0.2) is 0 Å². The maximum atomic E-state index is 12.2. The SMILES string of the molecule is CCOc1ccccc1CC[C@@H]1O[C@@H]2c3c(C)cc(C)cc3OC(C)(C)[C@H]2C[C@H]1C(=O)O. The molecule has 4 atom stereocenters. The third-order valence-electron chi connectivity index (χ3n) is 6.98. The van der Waals surface area contributed by atoms with Gasteiger partial charge in [-0.05, 0) is 82.7 Å². The largest absolute Gasteiger partial charge is 0.494 e. The number of benzene rings is 2. The van der Waals surface area contributed by atoms with E-state index in [1.165, 1.54) is 0 Å². The van der Waals surface area contributed by atoms with E-state index >= 15 is 0 Å². The summed E-state index contributed by atoms with van der Waals surface area (Å²) in [5, 5.41) is 10.0. The summed E-state index contributed by atoms with van der Waals surface area (Å²) in [6, 6.07) is 12.2. The molecule has 5 heteroatoms. The van der Waals surface area contributed by atoms with Crippen molar-refractivity contribution in [1.29, 1.82) is 0 Å². The number of carbonyl (C=O) groups is 1. The van der Waals surface area contributed by atoms with Gasteiger partial charge in [0.2, 0.25) is 0 Å². The lowest BCUT2D eigenvalue weighted by Gasteiger charge is -2.51. The van der Waals surface area contributed by atoms with Crippen LogP contribution >= 0.6 is 0 Å². The summed E-state index contributed by atoms with van der Waals surface area (Å²) in [5.74, 6) is 0.339. The Morgan fingerprint density at radius 2 is 1.97 bits per heavy atom. The number of aliphatic carboxylic acids is 1. The highest BCUT2D eigenvalue weighted by Gasteiger charge is 2.52. The van der Waals surface area contributed by atoms with Crippen LogP contribution in [0.5, 0.6) is 11.5 Å². The molecule has 0 unspecified atom stereocenters. The normalized spacial score (nSPS) is 25.9. The van der Waals surface area contributed by atoms with Crippen LogP contribution in [0.25, 0.3) is 0 Å². The van der Waals surface area contributed by atoms with E-state index in [1.54, 1.807) is 0 Å². The van der Waals surface area contributed by atoms with Crippen LogP contribution in [0.2, 0.25) is 0 Å². The van der Waals surface area contributed by atoms with Crippen molar-refractivity contribution in [3.05, 3.63) is 58.7 Å². The van der Waals surface area contributed by atoms with E-state index in [0.717, 1.165) is 33.8 Å². The quantitative estimate of drug-likeness (QED) is 0.631. The van der Waals surface area contributed by atoms with E-state index in [0.29, 0.717) is 25.9 Å². The Kier molecular flexibility index (Phi) is 6.22. The third-order valence-corrected chi connectivity index (χ3v) is 6.98. The highest BCUT2D eigenvalue weighted by atomic mass is 16.5. The summed E-state index contributed by atoms with van der Waals surface area (Å²) in [5.41, 5.74) is 3.95. The number of aryl methyl sites for hydroxylation is 3. The minimum Gasteiger partial charge on any atom is -0.494 e. The highest BCUT2D eigenvalue weighted by Crippen LogP contribution is 2.53. The molecule has 2 aromatic rings. The van der Waals surface area contributed by atoms with Crippen LogP contribution in [0, 0.1) is 25.7 Å². The molecule has 5 nitrogen and oxygen atoms in total. The smallest absolute Gasteiger partial charge is 0.309 e. The van der Waals surface area contributed by atoms with Crippen LogP contribution in [0.4, 0.5) is 0 Å². The van der Waals surface area contributed by atoms with E-state index < -0.39 is 17.5 Å². The Labute approximate surface area is 190 Å². The number of carboxylic acid groups (broad SMARTS) is 1. The molecule has 1 N–H and O–H groups in total. The zero-order valence-electron chi connectivity index (χ0n) is 19.7. The number of hydrogen-bond donors (Lipinski definition) is 1. The average Bonchev–Trinajstić information content (AvgIpc) is 2.71. The molecule has 0 bridgehead atoms. The molecule has 2 aliphatic rings. The molecular formula is C27H34O5. The summed E-state index contributed by atoms with van der Waals surface area (Å²) < 4.78 is 18.8. The van der Waals surface area contributed by atoms with Crippen LogP contribution in [0.3, 0.4) is 0 Å². The first-order valence-electron chi connectivity index (χ1n) is 11.6. The molecule has 2 aliphatic heterocycles. The first kappa shape index (κ1) is 22.7. The lowest BCUT2D eigenvalue weighted by molar-refractivity contribution is -0.188. The standard InChI is InChI=1S/C27H34O5/c1-6-30-21-10-8-7-9-18(21)11-12-22-19(26(28)29)15-20-25(31-22)24-17(3)13-16(2)14-23(24)32-27(20,4)5/h7-10,13-14,19-20,22,25H,6,11-12,15H2,1-5H3,(H,28,29)/t19-,20+,22+,25+/m1/s1. The molecule has 0 spiro atoms. The van der Waals surface area contributed by atoms with Crippen LogP contribution < -0.4 is 9.47 Å². The Morgan fingerprint density at radius 1 is 1.22 bits per heavy atom. The van der Waals surface area contributed by atoms with Gasteiger partial charge in [-0.15, -0.1) is 0 Å². The molecule has 1 fully saturated rings. The fraction of sp³-hybridized carbons (Fsp3) is 0.519. The molecule has 4 rings (SSSR count). The van der Waals surface area contributed by atoms with Crippen molar-refractivity contribution in [2.24, 2.45) is 11.8 Å². The monoisotopic (exact) mass is 438 g/mol. The van der Waals surface area contributed by atoms with E-state index in [-0.39, 0.29) is 18.1 Å². The first-order valence-corrected chi connectivity index (χ1v) is 11.6. The van der Waals surface area contributed by atoms with Gasteiger partial charge in [0.1, 0.15) is 17.1 Å². The molecule has 32 heavy (non-hydrogen) atoms. The number of fused-ring (bicyclic) bond motifs is 3. The van der Waals surface area contributed by atoms with Gasteiger partial charge < -0.3 is 19.3 Å². The molecule has 0 aliphatic carbocycles. The molecule has 0 saturated carbocycles. The van der Waals surface area contributed by atoms with E-state index in [9.17, 15) is 9.90 Å². The molecule has 0 aromatic heterocycles. The van der Waals surface area contributed by atoms with Gasteiger partial charge in [-0.2, -0.15) is 0 Å². The zero-order valence-corrected chi connectivity index (χ0v) is 19.7. The first-order chi connectivity index (χ1) is 15.2. The van der Waals surface area contributed by atoms with E-state index in [2.05, 4.69) is 26.0 Å². The highest BCUT2D eigenvalue weighted by molar-refractivity contribution is 5.71. The van der Waals surface area contributed by atoms with Crippen molar-refractivity contribution in [2.75, 3.05) is 6.61 Å². The number of carboxylic acids is 1. The van der Waals surface area contributed by atoms with Crippen molar-refractivity contribution >= 4 is 5.97 Å². The van der Waals surface area contributed by atoms with E-state index in [1.807, 2.05) is 45.0 Å². The van der Waals surface area contributed by atoms with Gasteiger partial charge in [-0.3, -0.25) is 4.79 Å². The third kappa shape index (κ3) is 4.23. The molecule has 0 radical (unpaired) electrons. The second-order valence-electron chi connectivity index (χ2n) is 9.66. The van der Waals surface area contributed by atoms with E-state index in [4.69, 9.17) is 14.2 Å². The summed E-state index contributed by atoms with van der Waals surface area (Å²) in [6.07, 6.45) is 1.34. The molecule has 1 saturated heterocycles. The fourth-order valence-electron chi connectivity index (χ4n) is 5.43. The maximum absolute atomic E-state index is 12.2. The fourth-order valence-corrected chi connectivity index (χ4v) is 5.43. The zero-order chi connectivity index (χ0) is 23.0. The summed E-state index contributed by atoms with van der Waals surface area (Å²) >= 11 is 0. The van der Waals surface area contributed by atoms with Crippen molar-refractivity contribution in [3.8, 4) is 11.5 Å². The van der Waals surface area contributed by atoms with Crippen molar-refractivity contribution in [3.63, 3.8) is 0 Å². The predicted molar refractivity (Wildman–Crippen MR) is 123 cm³/mol. The molecular weight excluding hydrogens is 404 g/mol. The summed E-state index contributed by atoms with van der Waals surface area (Å²) in [7, 11) is 0. The van der Waals surface area contributed by atoms with Crippen molar-refractivity contribution < 1.29 is 24.1 Å². The van der Waals surface area contributed by atoms with Gasteiger partial charge in [0.05, 0.1) is 24.7 Å². The lowest BCUT2D eigenvalue weighted by Crippen LogP contribution is -2.52. The summed E-state index contributed by atoms with van der Waals surface area (Å²) in [4.78, 5) is 12.2. The van der Waals surface area contributed by atoms with Gasteiger partial charge in [-0.1, -0.05) is 24.3 Å². The minimum atomic E-state index is -0.797. The molecule has 2 heterocycles. The second kappa shape index (κ2) is 8.78. The number of ether oxygens (including phenoxy) is 3. The lowest BCUT2D eigenvalue weighted by atomic mass is 9.70. The Morgan fingerprint density at radius 3 is 2.69 bits per heavy atom. The number of rotatable bonds is 6. The van der Waals surface area contributed by atoms with Gasteiger partial charge in [-0.25, -0.2) is 0 Å². The topological polar surface area (TPSA) is 65.0 Å². The van der Waals surface area contributed by atoms with Gasteiger partial charge in [0.25, 0.3) is 0 Å². The second-order valence-corrected chi connectivity index (χ2v) is 9.66. The predicted octanol–water partition coefficient (Wildman–Crippen LogP) is 5.65. The van der Waals surface area contributed by atoms with Gasteiger partial charge >= 0.3 is 5.97 Å². The van der Waals surface area contributed by atoms with Crippen LogP contribution in [-0.4, -0.2) is 29.4 Å².